The number of aromatic amines is 1. The van der Waals surface area contributed by atoms with Crippen LogP contribution in [0.1, 0.15) is 167 Å². The zero-order valence-corrected chi connectivity index (χ0v) is 63.7. The van der Waals surface area contributed by atoms with E-state index >= 15 is 0 Å². The Morgan fingerprint density at radius 3 is 1.73 bits per heavy atom. The molecule has 3 amide bonds. The van der Waals surface area contributed by atoms with Gasteiger partial charge in [-0.1, -0.05) is 152 Å². The molecule has 0 saturated carbocycles. The summed E-state index contributed by atoms with van der Waals surface area (Å²) in [7, 11) is 0. The average Bonchev–Trinajstić information content (AvgIpc) is 1.61. The zero-order valence-electron chi connectivity index (χ0n) is 62.1. The molecule has 6 aromatic heterocycles. The van der Waals surface area contributed by atoms with Crippen LogP contribution in [0.3, 0.4) is 0 Å². The molecule has 2 aliphatic heterocycles. The zero-order chi connectivity index (χ0) is 72.2. The highest BCUT2D eigenvalue weighted by Crippen LogP contribution is 2.31. The Morgan fingerprint density at radius 2 is 1.08 bits per heavy atom. The van der Waals surface area contributed by atoms with Crippen LogP contribution in [0.2, 0.25) is 0 Å². The first-order chi connectivity index (χ1) is 47.7. The van der Waals surface area contributed by atoms with Crippen LogP contribution in [0.25, 0.3) is 47.8 Å². The van der Waals surface area contributed by atoms with Crippen LogP contribution in [-0.4, -0.2) is 47.1 Å². The number of benzene rings is 6. The minimum atomic E-state index is -0.267. The van der Waals surface area contributed by atoms with Gasteiger partial charge in [0.2, 0.25) is 0 Å². The summed E-state index contributed by atoms with van der Waals surface area (Å²) in [5, 5.41) is 18.6. The highest BCUT2D eigenvalue weighted by atomic mass is 32.1. The lowest BCUT2D eigenvalue weighted by atomic mass is 10.00. The number of amides is 3. The third-order valence-electron chi connectivity index (χ3n) is 16.4. The number of fused-ring (bicyclic) bond motifs is 7. The van der Waals surface area contributed by atoms with Crippen LogP contribution in [0, 0.1) is 48.3 Å². The lowest BCUT2D eigenvalue weighted by molar-refractivity contribution is -0.118. The second-order valence-electron chi connectivity index (χ2n) is 29.7. The first-order valence-corrected chi connectivity index (χ1v) is 37.4. The van der Waals surface area contributed by atoms with Crippen molar-refractivity contribution in [3.8, 4) is 5.75 Å². The van der Waals surface area contributed by atoms with E-state index in [1.807, 2.05) is 78.5 Å². The number of anilines is 2. The van der Waals surface area contributed by atoms with Crippen LogP contribution in [0.5, 0.6) is 5.75 Å². The molecular weight excluding hydrogens is 1280 g/mol. The number of oxazole rings is 1. The number of nitrogens with zero attached hydrogens (tertiary/aromatic N) is 5. The molecule has 0 saturated heterocycles. The Balaban J connectivity index is 0.000000149. The summed E-state index contributed by atoms with van der Waals surface area (Å²) in [5.41, 5.74) is 17.2. The van der Waals surface area contributed by atoms with Crippen molar-refractivity contribution in [3.05, 3.63) is 218 Å². The number of thiophene rings is 1. The number of aryl methyl sites for hydroxylation is 1. The predicted octanol–water partition coefficient (Wildman–Crippen LogP) is 21.3. The third kappa shape index (κ3) is 23.6. The molecule has 16 heteroatoms. The van der Waals surface area contributed by atoms with E-state index in [1.165, 1.54) is 82.9 Å². The molecule has 14 nitrogen and oxygen atoms in total. The fourth-order valence-corrected chi connectivity index (χ4v) is 13.7. The van der Waals surface area contributed by atoms with Gasteiger partial charge in [-0.15, -0.1) is 11.3 Å². The fraction of sp³-hybridized carbons (Fsp3) is 0.405. The monoisotopic (exact) mass is 1390 g/mol. The van der Waals surface area contributed by atoms with Crippen molar-refractivity contribution in [2.24, 2.45) is 41.4 Å². The number of urea groups is 1. The van der Waals surface area contributed by atoms with E-state index in [-0.39, 0.29) is 30.3 Å². The average molecular weight is 1390 g/mol. The van der Waals surface area contributed by atoms with Crippen LogP contribution < -0.4 is 26.4 Å². The number of ether oxygens (including phenoxy) is 1. The van der Waals surface area contributed by atoms with Crippen molar-refractivity contribution in [2.75, 3.05) is 17.2 Å². The van der Waals surface area contributed by atoms with Crippen LogP contribution in [0.4, 0.5) is 16.2 Å². The molecule has 0 atom stereocenters. The molecular formula is C84H107N9O5S2. The van der Waals surface area contributed by atoms with Gasteiger partial charge in [-0.05, 0) is 258 Å². The maximum Gasteiger partial charge on any atom is 0.420 e. The lowest BCUT2D eigenvalue weighted by Gasteiger charge is -2.19. The Labute approximate surface area is 601 Å². The number of pyridine rings is 1. The number of rotatable bonds is 15. The maximum absolute atomic E-state index is 11.7. The third-order valence-corrected chi connectivity index (χ3v) is 18.2. The van der Waals surface area contributed by atoms with Gasteiger partial charge in [0.25, 0.3) is 5.91 Å². The number of aromatic nitrogens is 6. The van der Waals surface area contributed by atoms with Crippen LogP contribution in [0.15, 0.2) is 167 Å². The van der Waals surface area contributed by atoms with Crippen molar-refractivity contribution < 1.29 is 18.7 Å². The smallest absolute Gasteiger partial charge is 0.420 e. The van der Waals surface area contributed by atoms with Crippen LogP contribution >= 0.6 is 22.9 Å². The van der Waals surface area contributed by atoms with Gasteiger partial charge in [-0.25, -0.2) is 19.1 Å². The minimum absolute atomic E-state index is 0.0842. The molecule has 0 bridgehead atoms. The molecule has 0 aliphatic carbocycles. The largest absolute Gasteiger partial charge is 0.482 e. The SMILES string of the molecule is CC(C)Cc1ccc2[nH]ccc2c1.CC(C)Cc1ccc2c(c1)NC(=O)NC2.CC(C)Cc1ccc2c(c1)OCC(=O)N2.CC(C)Cc1ccc2ncnn2c1.CC(C)Cc1ccc2oc(=O)n(C(C)C)c2c1.CC(C)Cc1ccc2sccc2c1.Cc1nsc2ccc(CC(C)C)cc12. The summed E-state index contributed by atoms with van der Waals surface area (Å²) in [6.45, 7) is 37.9. The molecule has 100 heavy (non-hydrogen) atoms. The van der Waals surface area contributed by atoms with E-state index in [1.54, 1.807) is 22.4 Å². The van der Waals surface area contributed by atoms with Crippen molar-refractivity contribution in [2.45, 2.75) is 175 Å². The molecule has 14 rings (SSSR count). The molecule has 0 fully saturated rings. The lowest BCUT2D eigenvalue weighted by Crippen LogP contribution is -2.33. The predicted molar refractivity (Wildman–Crippen MR) is 421 cm³/mol. The Bertz CT molecular complexity index is 4440. The number of nitrogens with one attached hydrogen (secondary N) is 4. The molecule has 0 unspecified atom stereocenters. The summed E-state index contributed by atoms with van der Waals surface area (Å²) >= 11 is 3.41. The summed E-state index contributed by atoms with van der Waals surface area (Å²) in [6.07, 6.45) is 13.3. The quantitative estimate of drug-likeness (QED) is 0.0785. The highest BCUT2D eigenvalue weighted by molar-refractivity contribution is 7.17. The first-order valence-electron chi connectivity index (χ1n) is 35.7. The van der Waals surface area contributed by atoms with E-state index in [2.05, 4.69) is 242 Å². The van der Waals surface area contributed by atoms with Gasteiger partial charge in [0.1, 0.15) is 12.1 Å². The van der Waals surface area contributed by atoms with Crippen LogP contribution in [-0.2, 0) is 56.3 Å². The van der Waals surface area contributed by atoms with E-state index in [0.717, 1.165) is 89.4 Å². The Morgan fingerprint density at radius 1 is 0.530 bits per heavy atom. The molecule has 4 N–H and O–H groups in total. The number of hydrogen-bond donors (Lipinski definition) is 4. The van der Waals surface area contributed by atoms with Crippen molar-refractivity contribution in [1.82, 2.24) is 33.8 Å². The van der Waals surface area contributed by atoms with Crippen molar-refractivity contribution >= 4 is 94.0 Å². The standard InChI is InChI=1S/C14H19NO2.C12H16N2O.C12H15NO2.C12H15NS.C12H15N.C12H14S.C10H13N3/c1-9(2)7-11-5-6-13-12(8-11)15(10(3)4)14(16)17-13;1-8(2)5-9-3-4-10-7-13-12(15)14-11(10)6-9;1-8(2)5-9-3-4-10-11(6-9)15-7-12(14)13-10;1-8(2)6-10-4-5-12-11(7-10)9(3)13-14-12;2*1-9(2)7-10-3-4-12-11(8-10)5-6-13-12;1-8(2)5-9-3-4-10-11-7-12-13(10)6-9/h5-6,8-10H,7H2,1-4H3;3-4,6,8H,5,7H2,1-2H3,(H2,13,14,15);3-4,6,8H,5,7H2,1-2H3,(H,13,14);4-5,7-8H,6H2,1-3H3;3-6,8-9,13H,7H2,1-2H3;3-6,8-9H,7H2,1-2H3;3-4,6-8H,5H2,1-2H3. The minimum Gasteiger partial charge on any atom is -0.482 e. The van der Waals surface area contributed by atoms with Gasteiger partial charge < -0.3 is 30.1 Å². The second-order valence-corrected chi connectivity index (χ2v) is 31.4. The van der Waals surface area contributed by atoms with Gasteiger partial charge in [0.05, 0.1) is 21.6 Å². The first kappa shape index (κ1) is 76.9. The van der Waals surface area contributed by atoms with Crippen molar-refractivity contribution in [1.29, 1.82) is 0 Å². The molecule has 0 spiro atoms. The summed E-state index contributed by atoms with van der Waals surface area (Å²) in [5.74, 6) is 5.19. The van der Waals surface area contributed by atoms with E-state index in [0.29, 0.717) is 35.8 Å². The number of carbonyl (C=O) groups excluding carboxylic acids is 2. The van der Waals surface area contributed by atoms with Gasteiger partial charge >= 0.3 is 11.8 Å². The summed E-state index contributed by atoms with van der Waals surface area (Å²) in [6, 6.07) is 46.8. The molecule has 12 aromatic rings. The molecule has 530 valence electrons. The number of hydrogen-bond acceptors (Lipinski definition) is 10. The number of H-pyrrole nitrogens is 1. The maximum atomic E-state index is 11.7. The molecule has 8 heterocycles. The topological polar surface area (TPSA) is 173 Å². The fourth-order valence-electron chi connectivity index (χ4n) is 12.2. The van der Waals surface area contributed by atoms with E-state index in [4.69, 9.17) is 9.15 Å². The van der Waals surface area contributed by atoms with E-state index in [9.17, 15) is 14.4 Å². The molecule has 0 radical (unpaired) electrons. The van der Waals surface area contributed by atoms with Gasteiger partial charge in [0.15, 0.2) is 17.8 Å². The summed E-state index contributed by atoms with van der Waals surface area (Å²) < 4.78 is 21.2. The van der Waals surface area contributed by atoms with Gasteiger partial charge in [-0.3, -0.25) is 9.36 Å². The van der Waals surface area contributed by atoms with Gasteiger partial charge in [0, 0.05) is 46.3 Å². The van der Waals surface area contributed by atoms with E-state index < -0.39 is 0 Å². The summed E-state index contributed by atoms with van der Waals surface area (Å²) in [4.78, 5) is 41.2. The van der Waals surface area contributed by atoms with Gasteiger partial charge in [-0.2, -0.15) is 9.47 Å². The normalized spacial score (nSPS) is 12.4. The van der Waals surface area contributed by atoms with Crippen molar-refractivity contribution in [3.63, 3.8) is 0 Å². The molecule has 2 aliphatic rings. The Kier molecular flexibility index (Phi) is 28.4. The Hall–Kier alpha value is -8.86. The second kappa shape index (κ2) is 37.0. The highest BCUT2D eigenvalue weighted by Gasteiger charge is 2.18. The number of carbonyl (C=O) groups is 2. The molecule has 6 aromatic carbocycles.